The molecule has 5 heteroatoms. The Morgan fingerprint density at radius 2 is 1.75 bits per heavy atom. The van der Waals surface area contributed by atoms with E-state index in [0.29, 0.717) is 5.69 Å². The van der Waals surface area contributed by atoms with Crippen LogP contribution in [-0.2, 0) is 0 Å². The van der Waals surface area contributed by atoms with Gasteiger partial charge in [-0.15, -0.1) is 0 Å². The maximum absolute atomic E-state index is 12.3. The molecular weight excluding hydrogens is 254 g/mol. The van der Waals surface area contributed by atoms with Crippen molar-refractivity contribution in [3.8, 4) is 0 Å². The highest BCUT2D eigenvalue weighted by Crippen LogP contribution is 2.22. The van der Waals surface area contributed by atoms with Crippen LogP contribution in [0, 0.1) is 6.92 Å². The second-order valence-electron chi connectivity index (χ2n) is 4.53. The predicted octanol–water partition coefficient (Wildman–Crippen LogP) is 2.33. The second-order valence-corrected chi connectivity index (χ2v) is 4.53. The molecule has 0 atom stereocenters. The maximum atomic E-state index is 12.3. The molecule has 98 valence electrons. The number of carbonyl (C=O) groups excluding carboxylic acids is 2. The highest BCUT2D eigenvalue weighted by molar-refractivity contribution is 6.52. The van der Waals surface area contributed by atoms with Gasteiger partial charge in [0, 0.05) is 12.4 Å². The summed E-state index contributed by atoms with van der Waals surface area (Å²) in [5.41, 5.74) is 2.09. The monoisotopic (exact) mass is 265 g/mol. The second kappa shape index (κ2) is 4.77. The number of hydrogen-bond donors (Lipinski definition) is 0. The minimum Gasteiger partial charge on any atom is -0.292 e. The first-order valence-electron chi connectivity index (χ1n) is 6.19. The summed E-state index contributed by atoms with van der Waals surface area (Å²) in [6.07, 6.45) is 2.78. The molecule has 0 saturated heterocycles. The number of aliphatic imine (C=N–C) groups is 1. The van der Waals surface area contributed by atoms with Crippen LogP contribution in [0.15, 0.2) is 41.7 Å². The van der Waals surface area contributed by atoms with E-state index in [1.54, 1.807) is 0 Å². The standard InChI is InChI=1S/C15H11N3O2/c1-9-4-2-3-5-10(9)18-11-8-12(19)13-14(15(11)20)17-7-6-16-13/h2-7H,8H2,1H3. The van der Waals surface area contributed by atoms with Gasteiger partial charge in [0.1, 0.15) is 11.4 Å². The van der Waals surface area contributed by atoms with E-state index < -0.39 is 0 Å². The van der Waals surface area contributed by atoms with Crippen molar-refractivity contribution in [2.75, 3.05) is 0 Å². The van der Waals surface area contributed by atoms with Crippen molar-refractivity contribution < 1.29 is 9.59 Å². The van der Waals surface area contributed by atoms with Crippen LogP contribution in [0.25, 0.3) is 0 Å². The van der Waals surface area contributed by atoms with E-state index in [2.05, 4.69) is 15.0 Å². The molecule has 0 radical (unpaired) electrons. The van der Waals surface area contributed by atoms with Gasteiger partial charge in [-0.2, -0.15) is 0 Å². The van der Waals surface area contributed by atoms with Gasteiger partial charge < -0.3 is 0 Å². The summed E-state index contributed by atoms with van der Waals surface area (Å²) in [6, 6.07) is 7.46. The predicted molar refractivity (Wildman–Crippen MR) is 73.6 cm³/mol. The summed E-state index contributed by atoms with van der Waals surface area (Å²) < 4.78 is 0. The molecule has 1 heterocycles. The molecule has 0 unspecified atom stereocenters. The lowest BCUT2D eigenvalue weighted by atomic mass is 9.95. The van der Waals surface area contributed by atoms with Gasteiger partial charge in [-0.25, -0.2) is 15.0 Å². The number of rotatable bonds is 1. The molecule has 0 saturated carbocycles. The van der Waals surface area contributed by atoms with Crippen molar-refractivity contribution >= 4 is 23.0 Å². The first-order chi connectivity index (χ1) is 9.66. The Hall–Kier alpha value is -2.69. The molecule has 1 aromatic carbocycles. The molecule has 1 aromatic heterocycles. The summed E-state index contributed by atoms with van der Waals surface area (Å²) in [5.74, 6) is -0.545. The fourth-order valence-electron chi connectivity index (χ4n) is 2.09. The van der Waals surface area contributed by atoms with Crippen LogP contribution in [0.4, 0.5) is 5.69 Å². The zero-order valence-electron chi connectivity index (χ0n) is 10.8. The first-order valence-corrected chi connectivity index (χ1v) is 6.19. The van der Waals surface area contributed by atoms with Gasteiger partial charge in [0.25, 0.3) is 0 Å². The molecule has 0 N–H and O–H groups in total. The third-order valence-corrected chi connectivity index (χ3v) is 3.14. The van der Waals surface area contributed by atoms with Crippen LogP contribution < -0.4 is 0 Å². The van der Waals surface area contributed by atoms with E-state index in [-0.39, 0.29) is 35.1 Å². The van der Waals surface area contributed by atoms with Crippen molar-refractivity contribution in [3.63, 3.8) is 0 Å². The van der Waals surface area contributed by atoms with Crippen molar-refractivity contribution in [1.82, 2.24) is 9.97 Å². The summed E-state index contributed by atoms with van der Waals surface area (Å²) in [5, 5.41) is 0. The van der Waals surface area contributed by atoms with Crippen molar-refractivity contribution in [3.05, 3.63) is 53.6 Å². The molecule has 0 aliphatic heterocycles. The Balaban J connectivity index is 2.08. The number of aromatic nitrogens is 2. The van der Waals surface area contributed by atoms with Gasteiger partial charge in [0.2, 0.25) is 5.78 Å². The Bertz CT molecular complexity index is 750. The third-order valence-electron chi connectivity index (χ3n) is 3.14. The molecule has 3 rings (SSSR count). The number of para-hydroxylation sites is 1. The molecule has 1 aliphatic carbocycles. The third kappa shape index (κ3) is 2.03. The summed E-state index contributed by atoms with van der Waals surface area (Å²) in [7, 11) is 0. The van der Waals surface area contributed by atoms with Crippen LogP contribution in [0.5, 0.6) is 0 Å². The van der Waals surface area contributed by atoms with E-state index >= 15 is 0 Å². The highest BCUT2D eigenvalue weighted by atomic mass is 16.1. The number of carbonyl (C=O) groups is 2. The zero-order valence-corrected chi connectivity index (χ0v) is 10.8. The molecule has 5 nitrogen and oxygen atoms in total. The van der Waals surface area contributed by atoms with E-state index in [9.17, 15) is 9.59 Å². The normalized spacial score (nSPS) is 16.4. The molecule has 0 spiro atoms. The Morgan fingerprint density at radius 1 is 1.05 bits per heavy atom. The van der Waals surface area contributed by atoms with Gasteiger partial charge in [-0.1, -0.05) is 18.2 Å². The maximum Gasteiger partial charge on any atom is 0.228 e. The lowest BCUT2D eigenvalue weighted by Gasteiger charge is -2.13. The SMILES string of the molecule is Cc1ccccc1N=C1CC(=O)c2nccnc2C1=O. The lowest BCUT2D eigenvalue weighted by molar-refractivity contribution is 0.0957. The fraction of sp³-hybridized carbons (Fsp3) is 0.133. The molecule has 0 fully saturated rings. The van der Waals surface area contributed by atoms with Crippen molar-refractivity contribution in [2.45, 2.75) is 13.3 Å². The van der Waals surface area contributed by atoms with E-state index in [1.165, 1.54) is 12.4 Å². The Kier molecular flexibility index (Phi) is 2.95. The zero-order chi connectivity index (χ0) is 14.1. The lowest BCUT2D eigenvalue weighted by Crippen LogP contribution is -2.29. The number of nitrogens with zero attached hydrogens (tertiary/aromatic N) is 3. The number of aryl methyl sites for hydroxylation is 1. The van der Waals surface area contributed by atoms with Crippen LogP contribution in [-0.4, -0.2) is 27.2 Å². The number of ketones is 2. The molecule has 0 amide bonds. The fourth-order valence-corrected chi connectivity index (χ4v) is 2.09. The summed E-state index contributed by atoms with van der Waals surface area (Å²) in [6.45, 7) is 1.91. The summed E-state index contributed by atoms with van der Waals surface area (Å²) in [4.78, 5) is 36.5. The van der Waals surface area contributed by atoms with E-state index in [0.717, 1.165) is 5.56 Å². The minimum atomic E-state index is -0.323. The van der Waals surface area contributed by atoms with Gasteiger partial charge in [-0.05, 0) is 18.6 Å². The summed E-state index contributed by atoms with van der Waals surface area (Å²) >= 11 is 0. The van der Waals surface area contributed by atoms with Crippen LogP contribution in [0.2, 0.25) is 0 Å². The van der Waals surface area contributed by atoms with Crippen molar-refractivity contribution in [2.24, 2.45) is 4.99 Å². The number of Topliss-reactive ketones (excluding diaryl/α,β-unsaturated/α-hetero) is 2. The van der Waals surface area contributed by atoms with Crippen molar-refractivity contribution in [1.29, 1.82) is 0 Å². The number of fused-ring (bicyclic) bond motifs is 1. The van der Waals surface area contributed by atoms with Gasteiger partial charge in [0.15, 0.2) is 5.78 Å². The Labute approximate surface area is 115 Å². The quantitative estimate of drug-likeness (QED) is 0.793. The minimum absolute atomic E-state index is 0.0289. The molecular formula is C15H11N3O2. The van der Waals surface area contributed by atoms with E-state index in [4.69, 9.17) is 0 Å². The molecule has 0 bridgehead atoms. The van der Waals surface area contributed by atoms with Crippen LogP contribution >= 0.6 is 0 Å². The largest absolute Gasteiger partial charge is 0.292 e. The van der Waals surface area contributed by atoms with E-state index in [1.807, 2.05) is 31.2 Å². The average Bonchev–Trinajstić information content (AvgIpc) is 2.47. The van der Waals surface area contributed by atoms with Gasteiger partial charge >= 0.3 is 0 Å². The molecule has 20 heavy (non-hydrogen) atoms. The van der Waals surface area contributed by atoms with Crippen LogP contribution in [0.3, 0.4) is 0 Å². The molecule has 2 aromatic rings. The highest BCUT2D eigenvalue weighted by Gasteiger charge is 2.31. The smallest absolute Gasteiger partial charge is 0.228 e. The topological polar surface area (TPSA) is 72.3 Å². The number of hydrogen-bond acceptors (Lipinski definition) is 5. The first kappa shape index (κ1) is 12.3. The Morgan fingerprint density at radius 3 is 2.50 bits per heavy atom. The average molecular weight is 265 g/mol. The number of benzene rings is 1. The van der Waals surface area contributed by atoms with Gasteiger partial charge in [-0.3, -0.25) is 9.59 Å². The van der Waals surface area contributed by atoms with Gasteiger partial charge in [0.05, 0.1) is 17.8 Å². The molecule has 1 aliphatic rings. The van der Waals surface area contributed by atoms with Crippen LogP contribution in [0.1, 0.15) is 33.0 Å².